The Bertz CT molecular complexity index is 1020. The molecule has 0 amide bonds. The second-order valence-corrected chi connectivity index (χ2v) is 5.38. The molecule has 1 heterocycles. The largest absolute Gasteiger partial charge is 0.504 e. The van der Waals surface area contributed by atoms with Gasteiger partial charge in [-0.05, 0) is 23.8 Å². The van der Waals surface area contributed by atoms with Gasteiger partial charge in [0.15, 0.2) is 11.5 Å². The van der Waals surface area contributed by atoms with E-state index in [2.05, 4.69) is 9.97 Å². The number of carbonyl (C=O) groups excluding carboxylic acids is 1. The first-order valence-electron chi connectivity index (χ1n) is 7.41. The van der Waals surface area contributed by atoms with Crippen molar-refractivity contribution < 1.29 is 24.7 Å². The SMILES string of the molecule is COc1cc([C@H](O)C(=O)c2cnc3cc([N+](=O)[O-])ccc3n2)ccc1O. The van der Waals surface area contributed by atoms with Gasteiger partial charge in [0.05, 0.1) is 29.3 Å². The van der Waals surface area contributed by atoms with E-state index in [9.17, 15) is 25.1 Å². The molecule has 0 aliphatic heterocycles. The van der Waals surface area contributed by atoms with Gasteiger partial charge in [0.1, 0.15) is 11.8 Å². The maximum atomic E-state index is 12.5. The maximum absolute atomic E-state index is 12.5. The van der Waals surface area contributed by atoms with Crippen LogP contribution in [0, 0.1) is 10.1 Å². The molecule has 9 nitrogen and oxygen atoms in total. The van der Waals surface area contributed by atoms with Gasteiger partial charge in [-0.2, -0.15) is 0 Å². The van der Waals surface area contributed by atoms with E-state index >= 15 is 0 Å². The molecule has 26 heavy (non-hydrogen) atoms. The summed E-state index contributed by atoms with van der Waals surface area (Å²) in [5.41, 5.74) is 0.539. The molecular weight excluding hydrogens is 342 g/mol. The molecule has 2 N–H and O–H groups in total. The number of non-ortho nitro benzene ring substituents is 1. The van der Waals surface area contributed by atoms with Crippen LogP contribution in [0.3, 0.4) is 0 Å². The van der Waals surface area contributed by atoms with Crippen LogP contribution in [-0.4, -0.2) is 38.0 Å². The first kappa shape index (κ1) is 17.2. The normalized spacial score (nSPS) is 11.9. The Kier molecular flexibility index (Phi) is 4.46. The van der Waals surface area contributed by atoms with E-state index in [0.717, 1.165) is 6.20 Å². The molecule has 0 aliphatic rings. The number of aromatic nitrogens is 2. The zero-order valence-electron chi connectivity index (χ0n) is 13.5. The van der Waals surface area contributed by atoms with Crippen molar-refractivity contribution in [2.45, 2.75) is 6.10 Å². The Labute approximate surface area is 146 Å². The number of benzene rings is 2. The minimum atomic E-state index is -1.53. The second kappa shape index (κ2) is 6.73. The smallest absolute Gasteiger partial charge is 0.271 e. The molecule has 1 atom stereocenters. The quantitative estimate of drug-likeness (QED) is 0.404. The van der Waals surface area contributed by atoms with Crippen LogP contribution in [0.4, 0.5) is 5.69 Å². The number of aliphatic hydroxyl groups is 1. The number of Topliss-reactive ketones (excluding diaryl/α,β-unsaturated/α-hetero) is 1. The van der Waals surface area contributed by atoms with E-state index in [4.69, 9.17) is 4.74 Å². The van der Waals surface area contributed by atoms with Crippen LogP contribution in [0.25, 0.3) is 11.0 Å². The third kappa shape index (κ3) is 3.15. The summed E-state index contributed by atoms with van der Waals surface area (Å²) >= 11 is 0. The number of phenols is 1. The molecule has 2 aromatic carbocycles. The van der Waals surface area contributed by atoms with Gasteiger partial charge < -0.3 is 14.9 Å². The van der Waals surface area contributed by atoms with E-state index in [-0.39, 0.29) is 39.5 Å². The monoisotopic (exact) mass is 355 g/mol. The number of ether oxygens (including phenoxy) is 1. The van der Waals surface area contributed by atoms with E-state index in [0.29, 0.717) is 0 Å². The molecule has 0 bridgehead atoms. The topological polar surface area (TPSA) is 136 Å². The second-order valence-electron chi connectivity index (χ2n) is 5.38. The van der Waals surface area contributed by atoms with Crippen LogP contribution in [0.15, 0.2) is 42.6 Å². The van der Waals surface area contributed by atoms with E-state index in [1.54, 1.807) is 0 Å². The summed E-state index contributed by atoms with van der Waals surface area (Å²) in [4.78, 5) is 30.8. The Morgan fingerprint density at radius 1 is 1.23 bits per heavy atom. The zero-order chi connectivity index (χ0) is 18.8. The first-order chi connectivity index (χ1) is 12.4. The molecular formula is C17H13N3O6. The maximum Gasteiger partial charge on any atom is 0.271 e. The predicted octanol–water partition coefficient (Wildman–Crippen LogP) is 2.17. The number of methoxy groups -OCH3 is 1. The number of rotatable bonds is 5. The number of aliphatic hydroxyl groups excluding tert-OH is 1. The number of ketones is 1. The summed E-state index contributed by atoms with van der Waals surface area (Å²) in [5.74, 6) is -0.709. The van der Waals surface area contributed by atoms with Crippen LogP contribution < -0.4 is 4.74 Å². The third-order valence-corrected chi connectivity index (χ3v) is 3.76. The average Bonchev–Trinajstić information content (AvgIpc) is 2.66. The number of aromatic hydroxyl groups is 1. The standard InChI is InChI=1S/C17H13N3O6/c1-26-15-6-9(2-5-14(15)21)16(22)17(23)13-8-18-12-7-10(20(24)25)3-4-11(12)19-13/h2-8,16,21-22H,1H3/t16-/m0/s1. The molecule has 0 saturated carbocycles. The van der Waals surface area contributed by atoms with Crippen LogP contribution in [-0.2, 0) is 0 Å². The Balaban J connectivity index is 1.93. The summed E-state index contributed by atoms with van der Waals surface area (Å²) in [6.45, 7) is 0. The van der Waals surface area contributed by atoms with Gasteiger partial charge in [-0.25, -0.2) is 4.98 Å². The molecule has 3 aromatic rings. The summed E-state index contributed by atoms with van der Waals surface area (Å²) in [5, 5.41) is 30.7. The molecule has 132 valence electrons. The number of nitro groups is 1. The fraction of sp³-hybridized carbons (Fsp3) is 0.118. The molecule has 0 saturated heterocycles. The molecule has 0 fully saturated rings. The summed E-state index contributed by atoms with van der Waals surface area (Å²) < 4.78 is 4.95. The van der Waals surface area contributed by atoms with Crippen molar-refractivity contribution in [3.63, 3.8) is 0 Å². The predicted molar refractivity (Wildman–Crippen MR) is 90.1 cm³/mol. The van der Waals surface area contributed by atoms with Gasteiger partial charge in [0, 0.05) is 12.1 Å². The Morgan fingerprint density at radius 3 is 2.69 bits per heavy atom. The summed E-state index contributed by atoms with van der Waals surface area (Å²) in [6.07, 6.45) is -0.385. The van der Waals surface area contributed by atoms with Crippen LogP contribution in [0.5, 0.6) is 11.5 Å². The van der Waals surface area contributed by atoms with Crippen molar-refractivity contribution in [2.24, 2.45) is 0 Å². The molecule has 1 aromatic heterocycles. The van der Waals surface area contributed by atoms with Crippen molar-refractivity contribution >= 4 is 22.5 Å². The Hall–Kier alpha value is -3.59. The lowest BCUT2D eigenvalue weighted by atomic mass is 10.0. The van der Waals surface area contributed by atoms with Gasteiger partial charge in [0.25, 0.3) is 5.69 Å². The van der Waals surface area contributed by atoms with Crippen molar-refractivity contribution in [1.82, 2.24) is 9.97 Å². The first-order valence-corrected chi connectivity index (χ1v) is 7.41. The highest BCUT2D eigenvalue weighted by atomic mass is 16.6. The lowest BCUT2D eigenvalue weighted by molar-refractivity contribution is -0.384. The van der Waals surface area contributed by atoms with Gasteiger partial charge in [-0.3, -0.25) is 19.9 Å². The van der Waals surface area contributed by atoms with Gasteiger partial charge >= 0.3 is 0 Å². The van der Waals surface area contributed by atoms with Crippen molar-refractivity contribution in [3.05, 3.63) is 64.0 Å². The molecule has 3 rings (SSSR count). The van der Waals surface area contributed by atoms with E-state index < -0.39 is 16.8 Å². The number of hydrogen-bond donors (Lipinski definition) is 2. The molecule has 0 spiro atoms. The van der Waals surface area contributed by atoms with Gasteiger partial charge in [0.2, 0.25) is 5.78 Å². The highest BCUT2D eigenvalue weighted by molar-refractivity contribution is 5.99. The minimum absolute atomic E-state index is 0.0918. The number of nitro benzene ring substituents is 1. The molecule has 0 unspecified atom stereocenters. The lowest BCUT2D eigenvalue weighted by Crippen LogP contribution is -2.14. The molecule has 9 heteroatoms. The van der Waals surface area contributed by atoms with Crippen molar-refractivity contribution in [2.75, 3.05) is 7.11 Å². The number of hydrogen-bond acceptors (Lipinski definition) is 8. The van der Waals surface area contributed by atoms with Crippen molar-refractivity contribution in [1.29, 1.82) is 0 Å². The fourth-order valence-electron chi connectivity index (χ4n) is 2.39. The Morgan fingerprint density at radius 2 is 2.00 bits per heavy atom. The number of fused-ring (bicyclic) bond motifs is 1. The third-order valence-electron chi connectivity index (χ3n) is 3.76. The number of nitrogens with zero attached hydrogens (tertiary/aromatic N) is 3. The minimum Gasteiger partial charge on any atom is -0.504 e. The zero-order valence-corrected chi connectivity index (χ0v) is 13.5. The lowest BCUT2D eigenvalue weighted by Gasteiger charge is -2.12. The van der Waals surface area contributed by atoms with Crippen LogP contribution in [0.2, 0.25) is 0 Å². The van der Waals surface area contributed by atoms with E-state index in [1.807, 2.05) is 0 Å². The average molecular weight is 355 g/mol. The van der Waals surface area contributed by atoms with Gasteiger partial charge in [-0.15, -0.1) is 0 Å². The molecule has 0 radical (unpaired) electrons. The number of carbonyl (C=O) groups is 1. The highest BCUT2D eigenvalue weighted by Crippen LogP contribution is 2.30. The van der Waals surface area contributed by atoms with Gasteiger partial charge in [-0.1, -0.05) is 6.07 Å². The van der Waals surface area contributed by atoms with Crippen LogP contribution in [0.1, 0.15) is 22.2 Å². The highest BCUT2D eigenvalue weighted by Gasteiger charge is 2.22. The van der Waals surface area contributed by atoms with Crippen molar-refractivity contribution in [3.8, 4) is 11.5 Å². The molecule has 0 aliphatic carbocycles. The number of phenolic OH excluding ortho intramolecular Hbond substituents is 1. The van der Waals surface area contributed by atoms with E-state index in [1.165, 1.54) is 43.5 Å². The summed E-state index contributed by atoms with van der Waals surface area (Å²) in [7, 11) is 1.35. The fourth-order valence-corrected chi connectivity index (χ4v) is 2.39. The van der Waals surface area contributed by atoms with Crippen LogP contribution >= 0.6 is 0 Å². The summed E-state index contributed by atoms with van der Waals surface area (Å²) in [6, 6.07) is 7.92.